The van der Waals surface area contributed by atoms with Crippen molar-refractivity contribution in [1.29, 1.82) is 0 Å². The summed E-state index contributed by atoms with van der Waals surface area (Å²) in [5.74, 6) is -0.471. The zero-order valence-corrected chi connectivity index (χ0v) is 14.4. The number of pyridine rings is 2. The number of amides is 2. The number of nitrogens with one attached hydrogen (secondary N) is 2. The van der Waals surface area contributed by atoms with Crippen molar-refractivity contribution in [2.75, 3.05) is 5.32 Å². The van der Waals surface area contributed by atoms with Crippen LogP contribution in [-0.2, 0) is 6.54 Å². The Morgan fingerprint density at radius 1 is 0.962 bits per heavy atom. The number of nitrogens with zero attached hydrogens (tertiary/aromatic N) is 2. The second-order valence-electron chi connectivity index (χ2n) is 5.44. The van der Waals surface area contributed by atoms with Crippen molar-refractivity contribution in [2.24, 2.45) is 0 Å². The molecule has 0 fully saturated rings. The quantitative estimate of drug-likeness (QED) is 0.678. The van der Waals surface area contributed by atoms with E-state index in [1.165, 1.54) is 6.20 Å². The number of hydrogen-bond acceptors (Lipinski definition) is 4. The number of anilines is 1. The molecule has 0 atom stereocenters. The summed E-state index contributed by atoms with van der Waals surface area (Å²) in [6, 6.07) is 13.7. The van der Waals surface area contributed by atoms with Gasteiger partial charge in [-0.15, -0.1) is 0 Å². The van der Waals surface area contributed by atoms with Crippen LogP contribution in [-0.4, -0.2) is 21.8 Å². The number of hydrogen-bond donors (Lipinski definition) is 2. The maximum atomic E-state index is 12.2. The van der Waals surface area contributed by atoms with Crippen LogP contribution in [0, 0.1) is 0 Å². The van der Waals surface area contributed by atoms with Crippen LogP contribution in [0.1, 0.15) is 26.3 Å². The molecule has 2 aromatic heterocycles. The lowest BCUT2D eigenvalue weighted by atomic mass is 10.1. The molecule has 0 radical (unpaired) electrons. The van der Waals surface area contributed by atoms with Crippen LogP contribution in [0.25, 0.3) is 0 Å². The van der Waals surface area contributed by atoms with Gasteiger partial charge in [-0.05, 0) is 42.0 Å². The van der Waals surface area contributed by atoms with Crippen LogP contribution in [0.3, 0.4) is 0 Å². The Bertz CT molecular complexity index is 914. The predicted octanol–water partition coefficient (Wildman–Crippen LogP) is 3.31. The summed E-state index contributed by atoms with van der Waals surface area (Å²) in [4.78, 5) is 32.1. The lowest BCUT2D eigenvalue weighted by Crippen LogP contribution is -2.23. The highest BCUT2D eigenvalue weighted by molar-refractivity contribution is 6.29. The van der Waals surface area contributed by atoms with E-state index in [4.69, 9.17) is 11.6 Å². The van der Waals surface area contributed by atoms with Gasteiger partial charge in [0.05, 0.1) is 5.56 Å². The molecule has 7 heteroatoms. The van der Waals surface area contributed by atoms with E-state index in [0.29, 0.717) is 28.5 Å². The normalized spacial score (nSPS) is 10.2. The molecule has 0 aliphatic carbocycles. The van der Waals surface area contributed by atoms with Crippen LogP contribution in [0.15, 0.2) is 67.1 Å². The molecule has 0 aliphatic heterocycles. The van der Waals surface area contributed by atoms with Gasteiger partial charge in [-0.1, -0.05) is 23.7 Å². The molecule has 2 heterocycles. The van der Waals surface area contributed by atoms with Gasteiger partial charge in [0.25, 0.3) is 11.8 Å². The van der Waals surface area contributed by atoms with Gasteiger partial charge >= 0.3 is 0 Å². The highest BCUT2D eigenvalue weighted by Gasteiger charge is 2.08. The fourth-order valence-electron chi connectivity index (χ4n) is 2.26. The van der Waals surface area contributed by atoms with Crippen molar-refractivity contribution in [1.82, 2.24) is 15.3 Å². The van der Waals surface area contributed by atoms with Crippen LogP contribution in [0.4, 0.5) is 5.69 Å². The first-order valence-electron chi connectivity index (χ1n) is 7.82. The maximum Gasteiger partial charge on any atom is 0.255 e. The minimum atomic E-state index is -0.250. The minimum absolute atomic E-state index is 0.221. The molecular weight excluding hydrogens is 352 g/mol. The Morgan fingerprint density at radius 3 is 2.50 bits per heavy atom. The maximum absolute atomic E-state index is 12.2. The minimum Gasteiger partial charge on any atom is -0.348 e. The first-order valence-corrected chi connectivity index (χ1v) is 8.20. The van der Waals surface area contributed by atoms with Gasteiger partial charge < -0.3 is 10.6 Å². The number of carbonyl (C=O) groups is 2. The fourth-order valence-corrected chi connectivity index (χ4v) is 2.37. The van der Waals surface area contributed by atoms with E-state index < -0.39 is 0 Å². The van der Waals surface area contributed by atoms with E-state index in [1.54, 1.807) is 48.8 Å². The Kier molecular flexibility index (Phi) is 5.56. The molecule has 3 rings (SSSR count). The molecular formula is C19H15ClN4O2. The van der Waals surface area contributed by atoms with E-state index in [9.17, 15) is 9.59 Å². The molecule has 6 nitrogen and oxygen atoms in total. The number of carbonyl (C=O) groups excluding carboxylic acids is 2. The van der Waals surface area contributed by atoms with Crippen LogP contribution >= 0.6 is 11.6 Å². The first-order chi connectivity index (χ1) is 12.6. The molecule has 0 spiro atoms. The van der Waals surface area contributed by atoms with Gasteiger partial charge in [-0.3, -0.25) is 14.6 Å². The molecule has 2 N–H and O–H groups in total. The number of aromatic nitrogens is 2. The molecule has 26 heavy (non-hydrogen) atoms. The lowest BCUT2D eigenvalue weighted by molar-refractivity contribution is 0.0949. The summed E-state index contributed by atoms with van der Waals surface area (Å²) < 4.78 is 0. The van der Waals surface area contributed by atoms with Crippen LogP contribution < -0.4 is 10.6 Å². The number of rotatable bonds is 5. The van der Waals surface area contributed by atoms with Crippen molar-refractivity contribution < 1.29 is 9.59 Å². The zero-order chi connectivity index (χ0) is 18.4. The van der Waals surface area contributed by atoms with Crippen molar-refractivity contribution in [3.05, 3.63) is 89.0 Å². The topological polar surface area (TPSA) is 84.0 Å². The third-order valence-corrected chi connectivity index (χ3v) is 3.79. The zero-order valence-electron chi connectivity index (χ0n) is 13.6. The van der Waals surface area contributed by atoms with E-state index in [2.05, 4.69) is 20.6 Å². The van der Waals surface area contributed by atoms with Gasteiger partial charge in [-0.25, -0.2) is 4.98 Å². The standard InChI is InChI=1S/C19H15ClN4O2/c20-17-5-4-15(12-22-17)18(25)23-11-13-2-1-3-16(10-13)24-19(26)14-6-8-21-9-7-14/h1-10,12H,11H2,(H,23,25)(H,24,26). The highest BCUT2D eigenvalue weighted by Crippen LogP contribution is 2.13. The molecule has 1 aromatic carbocycles. The highest BCUT2D eigenvalue weighted by atomic mass is 35.5. The van der Waals surface area contributed by atoms with Crippen LogP contribution in [0.2, 0.25) is 5.15 Å². The summed E-state index contributed by atoms with van der Waals surface area (Å²) in [5.41, 5.74) is 2.45. The third kappa shape index (κ3) is 4.64. The van der Waals surface area contributed by atoms with E-state index in [0.717, 1.165) is 5.56 Å². The Labute approximate surface area is 155 Å². The van der Waals surface area contributed by atoms with Gasteiger partial charge in [0.15, 0.2) is 0 Å². The Morgan fingerprint density at radius 2 is 1.77 bits per heavy atom. The molecule has 130 valence electrons. The second-order valence-corrected chi connectivity index (χ2v) is 5.83. The van der Waals surface area contributed by atoms with Gasteiger partial charge in [0, 0.05) is 36.4 Å². The monoisotopic (exact) mass is 366 g/mol. The lowest BCUT2D eigenvalue weighted by Gasteiger charge is -2.09. The van der Waals surface area contributed by atoms with E-state index >= 15 is 0 Å². The summed E-state index contributed by atoms with van der Waals surface area (Å²) in [5, 5.41) is 5.96. The summed E-state index contributed by atoms with van der Waals surface area (Å²) >= 11 is 5.71. The summed E-state index contributed by atoms with van der Waals surface area (Å²) in [6.45, 7) is 0.320. The van der Waals surface area contributed by atoms with E-state index in [-0.39, 0.29) is 11.8 Å². The summed E-state index contributed by atoms with van der Waals surface area (Å²) in [6.07, 6.45) is 4.54. The molecule has 3 aromatic rings. The van der Waals surface area contributed by atoms with Crippen LogP contribution in [0.5, 0.6) is 0 Å². The largest absolute Gasteiger partial charge is 0.348 e. The smallest absolute Gasteiger partial charge is 0.255 e. The molecule has 0 aliphatic rings. The SMILES string of the molecule is O=C(NCc1cccc(NC(=O)c2ccncc2)c1)c1ccc(Cl)nc1. The Hall–Kier alpha value is -3.25. The molecule has 0 bridgehead atoms. The fraction of sp³-hybridized carbons (Fsp3) is 0.0526. The molecule has 0 saturated heterocycles. The average molecular weight is 367 g/mol. The van der Waals surface area contributed by atoms with Crippen molar-refractivity contribution in [3.8, 4) is 0 Å². The molecule has 0 saturated carbocycles. The van der Waals surface area contributed by atoms with Crippen molar-refractivity contribution in [2.45, 2.75) is 6.54 Å². The van der Waals surface area contributed by atoms with E-state index in [1.807, 2.05) is 12.1 Å². The Balaban J connectivity index is 1.61. The first kappa shape index (κ1) is 17.6. The molecule has 0 unspecified atom stereocenters. The third-order valence-electron chi connectivity index (χ3n) is 3.57. The van der Waals surface area contributed by atoms with Gasteiger partial charge in [0.1, 0.15) is 5.15 Å². The van der Waals surface area contributed by atoms with Gasteiger partial charge in [0.2, 0.25) is 0 Å². The second kappa shape index (κ2) is 8.22. The summed E-state index contributed by atoms with van der Waals surface area (Å²) in [7, 11) is 0. The van der Waals surface area contributed by atoms with Crippen molar-refractivity contribution >= 4 is 29.1 Å². The van der Waals surface area contributed by atoms with Crippen molar-refractivity contribution in [3.63, 3.8) is 0 Å². The number of halogens is 1. The molecule has 2 amide bonds. The van der Waals surface area contributed by atoms with Gasteiger partial charge in [-0.2, -0.15) is 0 Å². The predicted molar refractivity (Wildman–Crippen MR) is 99.0 cm³/mol. The number of benzene rings is 1. The average Bonchev–Trinajstić information content (AvgIpc) is 2.67.